The van der Waals surface area contributed by atoms with E-state index in [0.29, 0.717) is 23.8 Å². The Kier molecular flexibility index (Phi) is 4.26. The summed E-state index contributed by atoms with van der Waals surface area (Å²) in [6.07, 6.45) is 0. The molecule has 2 aromatic carbocycles. The first kappa shape index (κ1) is 15.7. The van der Waals surface area contributed by atoms with Crippen molar-refractivity contribution in [2.24, 2.45) is 0 Å². The number of nitrogens with zero attached hydrogens (tertiary/aromatic N) is 2. The van der Waals surface area contributed by atoms with Crippen molar-refractivity contribution in [2.75, 3.05) is 5.73 Å². The molecular weight excluding hydrogens is 298 g/mol. The summed E-state index contributed by atoms with van der Waals surface area (Å²) in [6, 6.07) is 19.8. The van der Waals surface area contributed by atoms with Crippen LogP contribution in [0.3, 0.4) is 0 Å². The van der Waals surface area contributed by atoms with Crippen LogP contribution in [0.4, 0.5) is 5.69 Å². The summed E-state index contributed by atoms with van der Waals surface area (Å²) in [5.41, 5.74) is 10.3. The number of para-hydroxylation sites is 1. The van der Waals surface area contributed by atoms with Gasteiger partial charge in [-0.25, -0.2) is 0 Å². The second-order valence-electron chi connectivity index (χ2n) is 5.84. The Hall–Kier alpha value is -3.19. The topological polar surface area (TPSA) is 64.0 Å². The summed E-state index contributed by atoms with van der Waals surface area (Å²) < 4.78 is 7.86. The van der Waals surface area contributed by atoms with Crippen molar-refractivity contribution in [1.82, 2.24) is 4.57 Å². The summed E-state index contributed by atoms with van der Waals surface area (Å²) in [7, 11) is 0. The Bertz CT molecular complexity index is 919. The average molecular weight is 317 g/mol. The molecule has 120 valence electrons. The first-order valence-corrected chi connectivity index (χ1v) is 7.76. The van der Waals surface area contributed by atoms with E-state index >= 15 is 0 Å². The predicted octanol–water partition coefficient (Wildman–Crippen LogP) is 4.40. The van der Waals surface area contributed by atoms with Crippen molar-refractivity contribution in [3.8, 4) is 17.7 Å². The summed E-state index contributed by atoms with van der Waals surface area (Å²) >= 11 is 0. The lowest BCUT2D eigenvalue weighted by atomic mass is 10.1. The normalized spacial score (nSPS) is 10.4. The van der Waals surface area contributed by atoms with E-state index in [1.165, 1.54) is 5.56 Å². The lowest BCUT2D eigenvalue weighted by molar-refractivity contribution is 0.434. The summed E-state index contributed by atoms with van der Waals surface area (Å²) in [6.45, 7) is 4.55. The highest BCUT2D eigenvalue weighted by atomic mass is 16.5. The first-order valence-electron chi connectivity index (χ1n) is 7.76. The molecule has 3 aromatic rings. The number of aryl methyl sites for hydroxylation is 2. The highest BCUT2D eigenvalue weighted by molar-refractivity contribution is 5.57. The van der Waals surface area contributed by atoms with Crippen LogP contribution in [0.5, 0.6) is 11.6 Å². The lowest BCUT2D eigenvalue weighted by Gasteiger charge is -2.14. The molecule has 0 amide bonds. The largest absolute Gasteiger partial charge is 0.438 e. The Morgan fingerprint density at radius 3 is 2.58 bits per heavy atom. The molecule has 0 atom stereocenters. The molecule has 0 radical (unpaired) electrons. The Morgan fingerprint density at radius 1 is 1.08 bits per heavy atom. The second kappa shape index (κ2) is 6.51. The van der Waals surface area contributed by atoms with Gasteiger partial charge in [-0.3, -0.25) is 4.57 Å². The van der Waals surface area contributed by atoms with Crippen LogP contribution in [0, 0.1) is 25.2 Å². The third-order valence-electron chi connectivity index (χ3n) is 3.91. The van der Waals surface area contributed by atoms with Gasteiger partial charge in [0.2, 0.25) is 5.88 Å². The molecule has 0 spiro atoms. The minimum Gasteiger partial charge on any atom is -0.438 e. The molecule has 0 aliphatic rings. The van der Waals surface area contributed by atoms with E-state index in [9.17, 15) is 5.26 Å². The fraction of sp³-hybridized carbons (Fsp3) is 0.150. The van der Waals surface area contributed by atoms with Gasteiger partial charge >= 0.3 is 0 Å². The number of rotatable bonds is 4. The molecular formula is C20H19N3O. The van der Waals surface area contributed by atoms with Gasteiger partial charge in [0.1, 0.15) is 17.5 Å². The summed E-state index contributed by atoms with van der Waals surface area (Å²) in [5.74, 6) is 1.24. The monoisotopic (exact) mass is 317 g/mol. The maximum absolute atomic E-state index is 9.43. The number of hydrogen-bond acceptors (Lipinski definition) is 3. The van der Waals surface area contributed by atoms with E-state index < -0.39 is 0 Å². The summed E-state index contributed by atoms with van der Waals surface area (Å²) in [4.78, 5) is 0. The van der Waals surface area contributed by atoms with Crippen molar-refractivity contribution in [3.05, 3.63) is 77.0 Å². The van der Waals surface area contributed by atoms with Gasteiger partial charge in [-0.15, -0.1) is 0 Å². The Morgan fingerprint density at radius 2 is 1.88 bits per heavy atom. The quantitative estimate of drug-likeness (QED) is 0.775. The van der Waals surface area contributed by atoms with Gasteiger partial charge in [0, 0.05) is 6.07 Å². The first-order chi connectivity index (χ1) is 11.6. The van der Waals surface area contributed by atoms with Gasteiger partial charge in [-0.05, 0) is 31.0 Å². The van der Waals surface area contributed by atoms with Crippen molar-refractivity contribution in [1.29, 1.82) is 5.26 Å². The van der Waals surface area contributed by atoms with Crippen LogP contribution in [0.1, 0.15) is 22.4 Å². The molecule has 3 rings (SSSR count). The summed E-state index contributed by atoms with van der Waals surface area (Å²) in [5, 5.41) is 9.43. The molecule has 2 N–H and O–H groups in total. The second-order valence-corrected chi connectivity index (χ2v) is 5.84. The number of nitrogen functional groups attached to an aromatic ring is 1. The third-order valence-corrected chi connectivity index (χ3v) is 3.91. The van der Waals surface area contributed by atoms with Crippen LogP contribution in [0.2, 0.25) is 0 Å². The molecule has 4 nitrogen and oxygen atoms in total. The third kappa shape index (κ3) is 3.11. The van der Waals surface area contributed by atoms with Gasteiger partial charge in [0.25, 0.3) is 0 Å². The zero-order chi connectivity index (χ0) is 17.1. The maximum Gasteiger partial charge on any atom is 0.224 e. The number of nitrogens with two attached hydrogens (primary N) is 1. The van der Waals surface area contributed by atoms with Crippen molar-refractivity contribution >= 4 is 5.69 Å². The Balaban J connectivity index is 2.02. The molecule has 0 fully saturated rings. The molecule has 0 saturated heterocycles. The van der Waals surface area contributed by atoms with Crippen molar-refractivity contribution in [3.63, 3.8) is 0 Å². The molecule has 0 aliphatic heterocycles. The van der Waals surface area contributed by atoms with Crippen LogP contribution in [-0.4, -0.2) is 4.57 Å². The standard InChI is InChI=1S/C20H19N3O/c1-14-6-5-8-16(10-14)13-23-17(12-21)11-18(22)20(23)24-19-9-4-3-7-15(19)2/h3-11H,13,22H2,1-2H3. The fourth-order valence-electron chi connectivity index (χ4n) is 2.68. The van der Waals surface area contributed by atoms with Gasteiger partial charge in [0.15, 0.2) is 0 Å². The fourth-order valence-corrected chi connectivity index (χ4v) is 2.68. The molecule has 0 bridgehead atoms. The zero-order valence-electron chi connectivity index (χ0n) is 13.8. The van der Waals surface area contributed by atoms with Gasteiger partial charge in [0.05, 0.1) is 12.2 Å². The zero-order valence-corrected chi connectivity index (χ0v) is 13.8. The molecule has 0 unspecified atom stereocenters. The maximum atomic E-state index is 9.43. The molecule has 0 saturated carbocycles. The average Bonchev–Trinajstić information content (AvgIpc) is 2.85. The van der Waals surface area contributed by atoms with Crippen molar-refractivity contribution in [2.45, 2.75) is 20.4 Å². The van der Waals surface area contributed by atoms with Crippen LogP contribution in [0.25, 0.3) is 0 Å². The molecule has 24 heavy (non-hydrogen) atoms. The van der Waals surface area contributed by atoms with E-state index in [4.69, 9.17) is 10.5 Å². The number of hydrogen-bond donors (Lipinski definition) is 1. The minimum absolute atomic E-state index is 0.461. The SMILES string of the molecule is Cc1cccc(Cn2c(C#N)cc(N)c2Oc2ccccc2C)c1. The van der Waals surface area contributed by atoms with E-state index in [1.54, 1.807) is 6.07 Å². The predicted molar refractivity (Wildman–Crippen MR) is 95.1 cm³/mol. The van der Waals surface area contributed by atoms with Crippen LogP contribution in [0.15, 0.2) is 54.6 Å². The van der Waals surface area contributed by atoms with E-state index in [1.807, 2.05) is 60.9 Å². The van der Waals surface area contributed by atoms with Crippen LogP contribution >= 0.6 is 0 Å². The number of nitriles is 1. The lowest BCUT2D eigenvalue weighted by Crippen LogP contribution is -2.05. The molecule has 0 aliphatic carbocycles. The van der Waals surface area contributed by atoms with Gasteiger partial charge < -0.3 is 10.5 Å². The molecule has 4 heteroatoms. The number of benzene rings is 2. The van der Waals surface area contributed by atoms with E-state index in [-0.39, 0.29) is 0 Å². The van der Waals surface area contributed by atoms with E-state index in [2.05, 4.69) is 12.1 Å². The molecule has 1 heterocycles. The number of anilines is 1. The number of aromatic nitrogens is 1. The van der Waals surface area contributed by atoms with Crippen LogP contribution < -0.4 is 10.5 Å². The van der Waals surface area contributed by atoms with Crippen molar-refractivity contribution < 1.29 is 4.74 Å². The number of ether oxygens (including phenoxy) is 1. The van der Waals surface area contributed by atoms with E-state index in [0.717, 1.165) is 16.9 Å². The highest BCUT2D eigenvalue weighted by Crippen LogP contribution is 2.33. The molecule has 1 aromatic heterocycles. The minimum atomic E-state index is 0.461. The van der Waals surface area contributed by atoms with Gasteiger partial charge in [-0.2, -0.15) is 5.26 Å². The Labute approximate surface area is 141 Å². The highest BCUT2D eigenvalue weighted by Gasteiger charge is 2.16. The van der Waals surface area contributed by atoms with Gasteiger partial charge in [-0.1, -0.05) is 48.0 Å². The smallest absolute Gasteiger partial charge is 0.224 e. The van der Waals surface area contributed by atoms with Crippen LogP contribution in [-0.2, 0) is 6.54 Å².